The fraction of sp³-hybridized carbons (Fsp3) is 0.148. The molecule has 3 aromatic carbocycles. The van der Waals surface area contributed by atoms with Crippen LogP contribution in [0.25, 0.3) is 0 Å². The second kappa shape index (κ2) is 8.92. The standard InChI is InChI=1S/C27H25NO3/c1-18-15-19(2)25(17-24(18)29-22-11-7-5-8-12-22)31-27-21(4)16-20(3)26(28-27)30-23-13-9-6-10-14-23/h5-17H,1-4H3. The summed E-state index contributed by atoms with van der Waals surface area (Å²) in [6, 6.07) is 25.3. The van der Waals surface area contributed by atoms with E-state index in [0.29, 0.717) is 17.5 Å². The number of aryl methyl sites for hydroxylation is 4. The summed E-state index contributed by atoms with van der Waals surface area (Å²) in [4.78, 5) is 4.65. The van der Waals surface area contributed by atoms with E-state index in [1.165, 1.54) is 0 Å². The first-order valence-corrected chi connectivity index (χ1v) is 10.2. The molecule has 4 aromatic rings. The molecule has 0 N–H and O–H groups in total. The van der Waals surface area contributed by atoms with Crippen molar-refractivity contribution in [3.05, 3.63) is 101 Å². The summed E-state index contributed by atoms with van der Waals surface area (Å²) >= 11 is 0. The highest BCUT2D eigenvalue weighted by molar-refractivity contribution is 5.49. The van der Waals surface area contributed by atoms with Gasteiger partial charge in [-0.1, -0.05) is 36.4 Å². The van der Waals surface area contributed by atoms with E-state index < -0.39 is 0 Å². The molecule has 4 rings (SSSR count). The number of aromatic nitrogens is 1. The van der Waals surface area contributed by atoms with Crippen molar-refractivity contribution in [1.29, 1.82) is 0 Å². The fourth-order valence-electron chi connectivity index (χ4n) is 3.28. The number of pyridine rings is 1. The Kier molecular flexibility index (Phi) is 5.89. The molecule has 0 spiro atoms. The average Bonchev–Trinajstić information content (AvgIpc) is 2.76. The van der Waals surface area contributed by atoms with Gasteiger partial charge in [0.25, 0.3) is 0 Å². The third kappa shape index (κ3) is 4.86. The largest absolute Gasteiger partial charge is 0.457 e. The van der Waals surface area contributed by atoms with E-state index in [2.05, 4.69) is 11.1 Å². The maximum atomic E-state index is 6.24. The van der Waals surface area contributed by atoms with Crippen LogP contribution in [-0.4, -0.2) is 4.98 Å². The summed E-state index contributed by atoms with van der Waals surface area (Å²) < 4.78 is 18.3. The minimum Gasteiger partial charge on any atom is -0.457 e. The highest BCUT2D eigenvalue weighted by atomic mass is 16.5. The third-order valence-electron chi connectivity index (χ3n) is 4.92. The first-order chi connectivity index (χ1) is 15.0. The molecular formula is C27H25NO3. The van der Waals surface area contributed by atoms with Gasteiger partial charge in [0, 0.05) is 17.2 Å². The smallest absolute Gasteiger partial charge is 0.225 e. The summed E-state index contributed by atoms with van der Waals surface area (Å²) in [5.41, 5.74) is 3.92. The highest BCUT2D eigenvalue weighted by Crippen LogP contribution is 2.36. The summed E-state index contributed by atoms with van der Waals surface area (Å²) in [7, 11) is 0. The average molecular weight is 412 g/mol. The predicted molar refractivity (Wildman–Crippen MR) is 123 cm³/mol. The second-order valence-electron chi connectivity index (χ2n) is 7.55. The minimum absolute atomic E-state index is 0.508. The molecule has 0 saturated heterocycles. The van der Waals surface area contributed by atoms with Crippen molar-refractivity contribution >= 4 is 0 Å². The summed E-state index contributed by atoms with van der Waals surface area (Å²) in [6.45, 7) is 7.99. The van der Waals surface area contributed by atoms with Gasteiger partial charge in [-0.15, -0.1) is 0 Å². The van der Waals surface area contributed by atoms with Crippen LogP contribution < -0.4 is 14.2 Å². The predicted octanol–water partition coefficient (Wildman–Crippen LogP) is 7.69. The van der Waals surface area contributed by atoms with Crippen LogP contribution in [0.1, 0.15) is 22.3 Å². The maximum absolute atomic E-state index is 6.24. The molecule has 0 aliphatic heterocycles. The molecule has 0 bridgehead atoms. The maximum Gasteiger partial charge on any atom is 0.225 e. The van der Waals surface area contributed by atoms with Crippen molar-refractivity contribution in [3.63, 3.8) is 0 Å². The van der Waals surface area contributed by atoms with Crippen LogP contribution in [-0.2, 0) is 0 Å². The SMILES string of the molecule is Cc1cc(C)c(Oc2nc(Oc3ccccc3)c(C)cc2C)cc1Oc1ccccc1. The Morgan fingerprint density at radius 1 is 0.484 bits per heavy atom. The molecule has 31 heavy (non-hydrogen) atoms. The lowest BCUT2D eigenvalue weighted by atomic mass is 10.1. The van der Waals surface area contributed by atoms with Gasteiger partial charge in [0.15, 0.2) is 0 Å². The lowest BCUT2D eigenvalue weighted by Gasteiger charge is -2.16. The van der Waals surface area contributed by atoms with Gasteiger partial charge in [-0.3, -0.25) is 0 Å². The van der Waals surface area contributed by atoms with Crippen LogP contribution in [0.3, 0.4) is 0 Å². The summed E-state index contributed by atoms with van der Waals surface area (Å²) in [5, 5.41) is 0. The quantitative estimate of drug-likeness (QED) is 0.326. The van der Waals surface area contributed by atoms with Gasteiger partial charge < -0.3 is 14.2 Å². The van der Waals surface area contributed by atoms with E-state index in [4.69, 9.17) is 14.2 Å². The number of hydrogen-bond acceptors (Lipinski definition) is 4. The Hall–Kier alpha value is -3.79. The van der Waals surface area contributed by atoms with Gasteiger partial charge in [0.05, 0.1) is 0 Å². The van der Waals surface area contributed by atoms with Crippen LogP contribution in [0.5, 0.6) is 34.8 Å². The zero-order valence-electron chi connectivity index (χ0n) is 18.2. The van der Waals surface area contributed by atoms with E-state index in [-0.39, 0.29) is 0 Å². The molecule has 0 aliphatic carbocycles. The van der Waals surface area contributed by atoms with Crippen molar-refractivity contribution in [1.82, 2.24) is 4.98 Å². The van der Waals surface area contributed by atoms with E-state index in [0.717, 1.165) is 39.5 Å². The third-order valence-corrected chi connectivity index (χ3v) is 4.92. The van der Waals surface area contributed by atoms with Crippen LogP contribution in [0, 0.1) is 27.7 Å². The topological polar surface area (TPSA) is 40.6 Å². The van der Waals surface area contributed by atoms with Gasteiger partial charge in [-0.25, -0.2) is 0 Å². The highest BCUT2D eigenvalue weighted by Gasteiger charge is 2.14. The molecule has 1 heterocycles. The molecule has 0 radical (unpaired) electrons. The Balaban J connectivity index is 1.64. The molecule has 0 atom stereocenters. The number of ether oxygens (including phenoxy) is 3. The van der Waals surface area contributed by atoms with Crippen molar-refractivity contribution in [2.75, 3.05) is 0 Å². The Bertz CT molecular complexity index is 1090. The van der Waals surface area contributed by atoms with Gasteiger partial charge in [0.2, 0.25) is 11.8 Å². The molecule has 4 heteroatoms. The van der Waals surface area contributed by atoms with Gasteiger partial charge in [-0.2, -0.15) is 4.98 Å². The van der Waals surface area contributed by atoms with E-state index in [9.17, 15) is 0 Å². The second-order valence-corrected chi connectivity index (χ2v) is 7.55. The van der Waals surface area contributed by atoms with E-state index >= 15 is 0 Å². The van der Waals surface area contributed by atoms with Crippen LogP contribution in [0.2, 0.25) is 0 Å². The zero-order chi connectivity index (χ0) is 21.8. The molecule has 0 amide bonds. The number of benzene rings is 3. The van der Waals surface area contributed by atoms with Crippen molar-refractivity contribution in [2.45, 2.75) is 27.7 Å². The molecule has 0 aliphatic rings. The summed E-state index contributed by atoms with van der Waals surface area (Å²) in [6.07, 6.45) is 0. The molecule has 156 valence electrons. The van der Waals surface area contributed by atoms with Crippen molar-refractivity contribution < 1.29 is 14.2 Å². The van der Waals surface area contributed by atoms with Crippen LogP contribution in [0.4, 0.5) is 0 Å². The zero-order valence-corrected chi connectivity index (χ0v) is 18.2. The van der Waals surface area contributed by atoms with Crippen molar-refractivity contribution in [2.24, 2.45) is 0 Å². The Morgan fingerprint density at radius 2 is 0.935 bits per heavy atom. The van der Waals surface area contributed by atoms with Crippen LogP contribution in [0.15, 0.2) is 78.9 Å². The molecule has 4 nitrogen and oxygen atoms in total. The lowest BCUT2D eigenvalue weighted by Crippen LogP contribution is -1.99. The first-order valence-electron chi connectivity index (χ1n) is 10.2. The monoisotopic (exact) mass is 411 g/mol. The first kappa shape index (κ1) is 20.5. The molecule has 0 saturated carbocycles. The van der Waals surface area contributed by atoms with Crippen molar-refractivity contribution in [3.8, 4) is 34.8 Å². The number of para-hydroxylation sites is 2. The molecule has 0 unspecified atom stereocenters. The number of rotatable bonds is 6. The normalized spacial score (nSPS) is 10.6. The van der Waals surface area contributed by atoms with Gasteiger partial charge in [0.1, 0.15) is 23.0 Å². The van der Waals surface area contributed by atoms with Crippen LogP contribution >= 0.6 is 0 Å². The van der Waals surface area contributed by atoms with Gasteiger partial charge in [-0.05, 0) is 75.2 Å². The Labute approximate surface area is 183 Å². The lowest BCUT2D eigenvalue weighted by molar-refractivity contribution is 0.416. The molecule has 1 aromatic heterocycles. The minimum atomic E-state index is 0.508. The van der Waals surface area contributed by atoms with E-state index in [1.54, 1.807) is 0 Å². The fourth-order valence-corrected chi connectivity index (χ4v) is 3.28. The molecular weight excluding hydrogens is 386 g/mol. The number of hydrogen-bond donors (Lipinski definition) is 0. The molecule has 0 fully saturated rings. The summed E-state index contributed by atoms with van der Waals surface area (Å²) in [5.74, 6) is 3.99. The number of nitrogens with zero attached hydrogens (tertiary/aromatic N) is 1. The van der Waals surface area contributed by atoms with E-state index in [1.807, 2.05) is 100 Å². The Morgan fingerprint density at radius 3 is 1.52 bits per heavy atom. The van der Waals surface area contributed by atoms with Gasteiger partial charge >= 0.3 is 0 Å².